The maximum absolute atomic E-state index is 11.7. The summed E-state index contributed by atoms with van der Waals surface area (Å²) in [6, 6.07) is 5.37. The van der Waals surface area contributed by atoms with E-state index in [9.17, 15) is 15.0 Å². The molecule has 0 bridgehead atoms. The Bertz CT molecular complexity index is 574. The van der Waals surface area contributed by atoms with Gasteiger partial charge in [-0.15, -0.1) is 0 Å². The minimum atomic E-state index is -0.641. The lowest BCUT2D eigenvalue weighted by molar-refractivity contribution is -0.149. The number of phenolic OH excluding ortho intramolecular Hbond substituents is 1. The molecule has 5 heteroatoms. The molecule has 2 fully saturated rings. The highest BCUT2D eigenvalue weighted by molar-refractivity contribution is 5.76. The zero-order valence-electron chi connectivity index (χ0n) is 12.9. The van der Waals surface area contributed by atoms with E-state index in [1.807, 2.05) is 19.1 Å². The topological polar surface area (TPSA) is 70.0 Å². The number of aliphatic carboxylic acids is 1. The van der Waals surface area contributed by atoms with Gasteiger partial charge in [-0.2, -0.15) is 0 Å². The van der Waals surface area contributed by atoms with Crippen LogP contribution in [0.3, 0.4) is 0 Å². The van der Waals surface area contributed by atoms with Gasteiger partial charge in [-0.25, -0.2) is 0 Å². The number of ether oxygens (including phenoxy) is 1. The summed E-state index contributed by atoms with van der Waals surface area (Å²) < 4.78 is 5.41. The first kappa shape index (κ1) is 15.2. The molecule has 0 aromatic heterocycles. The van der Waals surface area contributed by atoms with E-state index in [0.717, 1.165) is 31.4 Å². The van der Waals surface area contributed by atoms with Crippen molar-refractivity contribution in [1.29, 1.82) is 0 Å². The van der Waals surface area contributed by atoms with E-state index >= 15 is 0 Å². The number of phenols is 1. The lowest BCUT2D eigenvalue weighted by atomic mass is 9.81. The van der Waals surface area contributed by atoms with Crippen LogP contribution in [-0.4, -0.2) is 40.8 Å². The molecule has 2 aliphatic rings. The van der Waals surface area contributed by atoms with Crippen molar-refractivity contribution in [3.8, 4) is 11.5 Å². The van der Waals surface area contributed by atoms with E-state index in [1.165, 1.54) is 0 Å². The molecular weight excluding hydrogens is 282 g/mol. The molecule has 0 radical (unpaired) electrons. The number of carbonyl (C=O) groups is 1. The Kier molecular flexibility index (Phi) is 4.00. The number of hydrogen-bond donors (Lipinski definition) is 2. The number of rotatable bonds is 5. The van der Waals surface area contributed by atoms with Crippen molar-refractivity contribution in [2.45, 2.75) is 32.7 Å². The molecule has 0 spiro atoms. The lowest BCUT2D eigenvalue weighted by Crippen LogP contribution is -2.35. The van der Waals surface area contributed by atoms with Gasteiger partial charge in [-0.1, -0.05) is 12.5 Å². The first-order valence-corrected chi connectivity index (χ1v) is 7.95. The summed E-state index contributed by atoms with van der Waals surface area (Å²) in [6.07, 6.45) is 2.84. The van der Waals surface area contributed by atoms with Crippen LogP contribution in [0, 0.1) is 11.3 Å². The highest BCUT2D eigenvalue weighted by Crippen LogP contribution is 2.49. The van der Waals surface area contributed by atoms with Crippen LogP contribution < -0.4 is 4.74 Å². The normalized spacial score (nSPS) is 27.8. The average Bonchev–Trinajstić information content (AvgIpc) is 3.00. The summed E-state index contributed by atoms with van der Waals surface area (Å²) in [6.45, 7) is 4.55. The van der Waals surface area contributed by atoms with Crippen molar-refractivity contribution in [2.24, 2.45) is 11.3 Å². The summed E-state index contributed by atoms with van der Waals surface area (Å²) in [5, 5.41) is 19.4. The Morgan fingerprint density at radius 2 is 2.32 bits per heavy atom. The van der Waals surface area contributed by atoms with E-state index in [-0.39, 0.29) is 11.7 Å². The van der Waals surface area contributed by atoms with Crippen LogP contribution in [0.25, 0.3) is 0 Å². The van der Waals surface area contributed by atoms with E-state index in [0.29, 0.717) is 25.4 Å². The SMILES string of the molecule is CCOc1cc(CN2C[C@@H]3CCC[C@@]3(C(=O)O)C2)ccc1O. The number of benzene rings is 1. The second-order valence-corrected chi connectivity index (χ2v) is 6.46. The lowest BCUT2D eigenvalue weighted by Gasteiger charge is -2.23. The van der Waals surface area contributed by atoms with E-state index < -0.39 is 11.4 Å². The molecule has 1 aromatic rings. The van der Waals surface area contributed by atoms with Gasteiger partial charge in [0.15, 0.2) is 11.5 Å². The van der Waals surface area contributed by atoms with Crippen molar-refractivity contribution < 1.29 is 19.7 Å². The Morgan fingerprint density at radius 1 is 1.50 bits per heavy atom. The minimum absolute atomic E-state index is 0.144. The van der Waals surface area contributed by atoms with Gasteiger partial charge in [0.05, 0.1) is 12.0 Å². The molecule has 0 unspecified atom stereocenters. The largest absolute Gasteiger partial charge is 0.504 e. The standard InChI is InChI=1S/C17H23NO4/c1-2-22-15-8-12(5-6-14(15)19)9-18-10-13-4-3-7-17(13,11-18)16(20)21/h5-6,8,13,19H,2-4,7,9-11H2,1H3,(H,20,21)/t13-,17+/m0/s1. The van der Waals surface area contributed by atoms with Gasteiger partial charge in [0.1, 0.15) is 0 Å². The van der Waals surface area contributed by atoms with Crippen molar-refractivity contribution in [2.75, 3.05) is 19.7 Å². The van der Waals surface area contributed by atoms with Crippen LogP contribution in [0.2, 0.25) is 0 Å². The molecule has 1 aliphatic carbocycles. The van der Waals surface area contributed by atoms with Crippen molar-refractivity contribution >= 4 is 5.97 Å². The van der Waals surface area contributed by atoms with Crippen LogP contribution in [0.5, 0.6) is 11.5 Å². The van der Waals surface area contributed by atoms with Crippen molar-refractivity contribution in [3.05, 3.63) is 23.8 Å². The molecule has 5 nitrogen and oxygen atoms in total. The number of carboxylic acids is 1. The second kappa shape index (κ2) is 5.80. The maximum atomic E-state index is 11.7. The molecule has 1 saturated heterocycles. The Morgan fingerprint density at radius 3 is 3.00 bits per heavy atom. The Labute approximate surface area is 130 Å². The molecule has 1 saturated carbocycles. The number of aromatic hydroxyl groups is 1. The predicted molar refractivity (Wildman–Crippen MR) is 82.0 cm³/mol. The minimum Gasteiger partial charge on any atom is -0.504 e. The number of likely N-dealkylation sites (tertiary alicyclic amines) is 1. The van der Waals surface area contributed by atoms with Crippen LogP contribution in [0.15, 0.2) is 18.2 Å². The van der Waals surface area contributed by atoms with Gasteiger partial charge in [0.25, 0.3) is 0 Å². The van der Waals surface area contributed by atoms with Crippen LogP contribution in [0.4, 0.5) is 0 Å². The molecule has 1 heterocycles. The van der Waals surface area contributed by atoms with Crippen LogP contribution in [-0.2, 0) is 11.3 Å². The highest BCUT2D eigenvalue weighted by atomic mass is 16.5. The first-order valence-electron chi connectivity index (χ1n) is 7.95. The molecule has 120 valence electrons. The smallest absolute Gasteiger partial charge is 0.311 e. The number of carboxylic acid groups (broad SMARTS) is 1. The summed E-state index contributed by atoms with van der Waals surface area (Å²) in [5.41, 5.74) is 0.501. The van der Waals surface area contributed by atoms with Crippen molar-refractivity contribution in [3.63, 3.8) is 0 Å². The Balaban J connectivity index is 1.73. The maximum Gasteiger partial charge on any atom is 0.311 e. The van der Waals surface area contributed by atoms with Gasteiger partial charge >= 0.3 is 5.97 Å². The third-order valence-electron chi connectivity index (χ3n) is 5.10. The molecule has 2 atom stereocenters. The number of hydrogen-bond acceptors (Lipinski definition) is 4. The molecule has 3 rings (SSSR count). The molecule has 0 amide bonds. The average molecular weight is 305 g/mol. The van der Waals surface area contributed by atoms with E-state index in [4.69, 9.17) is 4.74 Å². The fourth-order valence-electron chi connectivity index (χ4n) is 4.05. The zero-order valence-corrected chi connectivity index (χ0v) is 12.9. The van der Waals surface area contributed by atoms with Crippen LogP contribution in [0.1, 0.15) is 31.7 Å². The third kappa shape index (κ3) is 2.54. The monoisotopic (exact) mass is 305 g/mol. The first-order chi connectivity index (χ1) is 10.5. The third-order valence-corrected chi connectivity index (χ3v) is 5.10. The molecule has 2 N–H and O–H groups in total. The molecule has 1 aliphatic heterocycles. The highest BCUT2D eigenvalue weighted by Gasteiger charge is 2.54. The summed E-state index contributed by atoms with van der Waals surface area (Å²) in [4.78, 5) is 13.9. The fraction of sp³-hybridized carbons (Fsp3) is 0.588. The van der Waals surface area contributed by atoms with Gasteiger partial charge in [0.2, 0.25) is 0 Å². The van der Waals surface area contributed by atoms with E-state index in [2.05, 4.69) is 4.90 Å². The summed E-state index contributed by atoms with van der Waals surface area (Å²) in [7, 11) is 0. The van der Waals surface area contributed by atoms with Gasteiger partial charge < -0.3 is 14.9 Å². The number of nitrogens with zero attached hydrogens (tertiary/aromatic N) is 1. The predicted octanol–water partition coefficient (Wildman–Crippen LogP) is 2.48. The van der Waals surface area contributed by atoms with Crippen LogP contribution >= 0.6 is 0 Å². The molecule has 22 heavy (non-hydrogen) atoms. The zero-order chi connectivity index (χ0) is 15.7. The van der Waals surface area contributed by atoms with Gasteiger partial charge in [-0.05, 0) is 43.4 Å². The van der Waals surface area contributed by atoms with Gasteiger partial charge in [0, 0.05) is 19.6 Å². The Hall–Kier alpha value is -1.75. The molecular formula is C17H23NO4. The quantitative estimate of drug-likeness (QED) is 0.874. The summed E-state index contributed by atoms with van der Waals surface area (Å²) in [5.74, 6) is 0.268. The van der Waals surface area contributed by atoms with Gasteiger partial charge in [-0.3, -0.25) is 9.69 Å². The summed E-state index contributed by atoms with van der Waals surface area (Å²) >= 11 is 0. The fourth-order valence-corrected chi connectivity index (χ4v) is 4.05. The van der Waals surface area contributed by atoms with Crippen molar-refractivity contribution in [1.82, 2.24) is 4.90 Å². The molecule has 1 aromatic carbocycles. The number of fused-ring (bicyclic) bond motifs is 1. The second-order valence-electron chi connectivity index (χ2n) is 6.46. The van der Waals surface area contributed by atoms with E-state index in [1.54, 1.807) is 6.07 Å².